The first-order valence-electron chi connectivity index (χ1n) is 6.02. The van der Waals surface area contributed by atoms with E-state index in [2.05, 4.69) is 15.6 Å². The van der Waals surface area contributed by atoms with Crippen LogP contribution in [-0.2, 0) is 13.1 Å². The lowest BCUT2D eigenvalue weighted by molar-refractivity contribution is 0.362. The molecule has 0 unspecified atom stereocenters. The maximum atomic E-state index is 8.53. The van der Waals surface area contributed by atoms with Gasteiger partial charge in [-0.2, -0.15) is 5.26 Å². The number of aromatic nitrogens is 3. The highest BCUT2D eigenvalue weighted by Gasteiger charge is 2.02. The van der Waals surface area contributed by atoms with E-state index in [1.54, 1.807) is 10.9 Å². The molecule has 6 heteroatoms. The summed E-state index contributed by atoms with van der Waals surface area (Å²) in [5, 5.41) is 19.5. The first kappa shape index (κ1) is 13.1. The summed E-state index contributed by atoms with van der Waals surface area (Å²) in [6.45, 7) is 2.31. The van der Waals surface area contributed by atoms with Crippen molar-refractivity contribution in [1.29, 1.82) is 5.26 Å². The molecule has 98 valence electrons. The number of hydrogen-bond acceptors (Lipinski definition) is 5. The second-order valence-electron chi connectivity index (χ2n) is 3.90. The molecule has 0 aliphatic rings. The minimum Gasteiger partial charge on any atom is -0.478 e. The smallest absolute Gasteiger partial charge is 0.174 e. The van der Waals surface area contributed by atoms with Gasteiger partial charge in [-0.25, -0.2) is 0 Å². The molecule has 0 spiro atoms. The first-order chi connectivity index (χ1) is 9.40. The number of nitrogens with one attached hydrogen (secondary N) is 1. The third-order valence-electron chi connectivity index (χ3n) is 2.57. The second kappa shape index (κ2) is 7.13. The van der Waals surface area contributed by atoms with Crippen LogP contribution in [0.3, 0.4) is 0 Å². The van der Waals surface area contributed by atoms with Crippen molar-refractivity contribution in [3.63, 3.8) is 0 Å². The van der Waals surface area contributed by atoms with Crippen LogP contribution in [0.15, 0.2) is 36.7 Å². The Balaban J connectivity index is 1.80. The standard InChI is InChI=1S/C13H15N5O/c14-5-10-19-13-4-2-1-3-12(13)11-15-6-8-18-9-7-16-17-18/h1-4,7,9,15H,6,8,10-11H2. The second-order valence-corrected chi connectivity index (χ2v) is 3.90. The monoisotopic (exact) mass is 257 g/mol. The molecule has 19 heavy (non-hydrogen) atoms. The Morgan fingerprint density at radius 3 is 3.05 bits per heavy atom. The lowest BCUT2D eigenvalue weighted by atomic mass is 10.2. The average Bonchev–Trinajstić information content (AvgIpc) is 2.95. The first-order valence-corrected chi connectivity index (χ1v) is 6.02. The Bertz CT molecular complexity index is 532. The maximum absolute atomic E-state index is 8.53. The van der Waals surface area contributed by atoms with E-state index in [-0.39, 0.29) is 6.61 Å². The molecule has 0 amide bonds. The average molecular weight is 257 g/mol. The van der Waals surface area contributed by atoms with Gasteiger partial charge < -0.3 is 10.1 Å². The largest absolute Gasteiger partial charge is 0.478 e. The van der Waals surface area contributed by atoms with E-state index < -0.39 is 0 Å². The molecule has 0 aliphatic carbocycles. The van der Waals surface area contributed by atoms with Crippen LogP contribution in [0.4, 0.5) is 0 Å². The molecule has 0 bridgehead atoms. The minimum atomic E-state index is 0.0654. The number of nitriles is 1. The van der Waals surface area contributed by atoms with Crippen LogP contribution in [0.1, 0.15) is 5.56 Å². The summed E-state index contributed by atoms with van der Waals surface area (Å²) in [7, 11) is 0. The lowest BCUT2D eigenvalue weighted by Crippen LogP contribution is -2.20. The SMILES string of the molecule is N#CCOc1ccccc1CNCCn1ccnn1. The minimum absolute atomic E-state index is 0.0654. The number of para-hydroxylation sites is 1. The molecule has 6 nitrogen and oxygen atoms in total. The summed E-state index contributed by atoms with van der Waals surface area (Å²) in [4.78, 5) is 0. The van der Waals surface area contributed by atoms with Gasteiger partial charge in [-0.15, -0.1) is 5.10 Å². The Hall–Kier alpha value is -2.39. The number of benzene rings is 1. The highest BCUT2D eigenvalue weighted by Crippen LogP contribution is 2.17. The molecule has 2 rings (SSSR count). The molecule has 2 aromatic rings. The van der Waals surface area contributed by atoms with Gasteiger partial charge in [0.15, 0.2) is 6.61 Å². The van der Waals surface area contributed by atoms with Crippen LogP contribution in [0.2, 0.25) is 0 Å². The van der Waals surface area contributed by atoms with Gasteiger partial charge in [-0.1, -0.05) is 23.4 Å². The van der Waals surface area contributed by atoms with Crippen molar-refractivity contribution in [2.75, 3.05) is 13.2 Å². The van der Waals surface area contributed by atoms with Gasteiger partial charge in [-0.05, 0) is 6.07 Å². The van der Waals surface area contributed by atoms with Crippen molar-refractivity contribution < 1.29 is 4.74 Å². The molecule has 0 aliphatic heterocycles. The molecular formula is C13H15N5O. The fourth-order valence-electron chi connectivity index (χ4n) is 1.67. The number of nitrogens with zero attached hydrogens (tertiary/aromatic N) is 4. The fraction of sp³-hybridized carbons (Fsp3) is 0.308. The van der Waals surface area contributed by atoms with Crippen LogP contribution in [-0.4, -0.2) is 28.1 Å². The zero-order chi connectivity index (χ0) is 13.3. The summed E-state index contributed by atoms with van der Waals surface area (Å²) < 4.78 is 7.13. The molecule has 1 heterocycles. The van der Waals surface area contributed by atoms with Crippen molar-refractivity contribution in [1.82, 2.24) is 20.3 Å². The predicted octanol–water partition coefficient (Wildman–Crippen LogP) is 0.970. The van der Waals surface area contributed by atoms with Crippen LogP contribution in [0.5, 0.6) is 5.75 Å². The molecule has 0 fully saturated rings. The molecule has 0 saturated heterocycles. The summed E-state index contributed by atoms with van der Waals surface area (Å²) in [5.41, 5.74) is 1.04. The van der Waals surface area contributed by atoms with Crippen molar-refractivity contribution >= 4 is 0 Å². The molecule has 0 radical (unpaired) electrons. The number of ether oxygens (including phenoxy) is 1. The number of hydrogen-bond donors (Lipinski definition) is 1. The Morgan fingerprint density at radius 1 is 1.37 bits per heavy atom. The maximum Gasteiger partial charge on any atom is 0.174 e. The molecule has 1 aromatic carbocycles. The van der Waals surface area contributed by atoms with Crippen LogP contribution >= 0.6 is 0 Å². The van der Waals surface area contributed by atoms with Crippen LogP contribution in [0, 0.1) is 11.3 Å². The lowest BCUT2D eigenvalue weighted by Gasteiger charge is -2.10. The van der Waals surface area contributed by atoms with Crippen molar-refractivity contribution in [2.24, 2.45) is 0 Å². The van der Waals surface area contributed by atoms with Gasteiger partial charge in [0.1, 0.15) is 11.8 Å². The Labute approximate surface area is 111 Å². The van der Waals surface area contributed by atoms with E-state index in [9.17, 15) is 0 Å². The third-order valence-corrected chi connectivity index (χ3v) is 2.57. The Morgan fingerprint density at radius 2 is 2.26 bits per heavy atom. The number of rotatable bonds is 7. The van der Waals surface area contributed by atoms with Crippen molar-refractivity contribution in [3.05, 3.63) is 42.2 Å². The van der Waals surface area contributed by atoms with Gasteiger partial charge in [0.2, 0.25) is 0 Å². The highest BCUT2D eigenvalue weighted by molar-refractivity contribution is 5.33. The van der Waals surface area contributed by atoms with E-state index in [1.165, 1.54) is 0 Å². The van der Waals surface area contributed by atoms with E-state index in [0.29, 0.717) is 6.54 Å². The molecule has 0 atom stereocenters. The van der Waals surface area contributed by atoms with Gasteiger partial charge in [-0.3, -0.25) is 4.68 Å². The Kier molecular flexibility index (Phi) is 4.90. The highest BCUT2D eigenvalue weighted by atomic mass is 16.5. The quantitative estimate of drug-likeness (QED) is 0.748. The van der Waals surface area contributed by atoms with E-state index in [0.717, 1.165) is 24.4 Å². The zero-order valence-corrected chi connectivity index (χ0v) is 10.5. The van der Waals surface area contributed by atoms with Crippen molar-refractivity contribution in [2.45, 2.75) is 13.1 Å². The van der Waals surface area contributed by atoms with Crippen molar-refractivity contribution in [3.8, 4) is 11.8 Å². The van der Waals surface area contributed by atoms with E-state index in [1.807, 2.05) is 36.5 Å². The van der Waals surface area contributed by atoms with Gasteiger partial charge >= 0.3 is 0 Å². The topological polar surface area (TPSA) is 75.8 Å². The summed E-state index contributed by atoms with van der Waals surface area (Å²) >= 11 is 0. The van der Waals surface area contributed by atoms with Gasteiger partial charge in [0, 0.05) is 24.8 Å². The summed E-state index contributed by atoms with van der Waals surface area (Å²) in [5.74, 6) is 0.748. The fourth-order valence-corrected chi connectivity index (χ4v) is 1.67. The molecule has 1 N–H and O–H groups in total. The van der Waals surface area contributed by atoms with E-state index in [4.69, 9.17) is 10.00 Å². The summed E-state index contributed by atoms with van der Waals surface area (Å²) in [6, 6.07) is 9.66. The zero-order valence-electron chi connectivity index (χ0n) is 10.5. The van der Waals surface area contributed by atoms with Crippen LogP contribution < -0.4 is 10.1 Å². The predicted molar refractivity (Wildman–Crippen MR) is 69.3 cm³/mol. The third kappa shape index (κ3) is 4.08. The van der Waals surface area contributed by atoms with Crippen LogP contribution in [0.25, 0.3) is 0 Å². The van der Waals surface area contributed by atoms with Gasteiger partial charge in [0.05, 0.1) is 12.7 Å². The van der Waals surface area contributed by atoms with E-state index >= 15 is 0 Å². The molecular weight excluding hydrogens is 242 g/mol. The van der Waals surface area contributed by atoms with Gasteiger partial charge in [0.25, 0.3) is 0 Å². The molecule has 0 saturated carbocycles. The normalized spacial score (nSPS) is 10.1. The molecule has 1 aromatic heterocycles. The summed E-state index contributed by atoms with van der Waals surface area (Å²) in [6.07, 6.45) is 3.48.